The highest BCUT2D eigenvalue weighted by Crippen LogP contribution is 2.39. The van der Waals surface area contributed by atoms with Crippen LogP contribution in [0.5, 0.6) is 0 Å². The second-order valence-electron chi connectivity index (χ2n) is 5.36. The number of anilines is 2. The van der Waals surface area contributed by atoms with E-state index < -0.39 is 0 Å². The first-order valence-electron chi connectivity index (χ1n) is 7.07. The van der Waals surface area contributed by atoms with Gasteiger partial charge in [0.1, 0.15) is 9.88 Å². The molecule has 7 heteroatoms. The Kier molecular flexibility index (Phi) is 4.72. The van der Waals surface area contributed by atoms with Crippen LogP contribution < -0.4 is 21.3 Å². The van der Waals surface area contributed by atoms with Crippen LogP contribution in [0, 0.1) is 5.92 Å². The van der Waals surface area contributed by atoms with Crippen LogP contribution in [0.2, 0.25) is 0 Å². The van der Waals surface area contributed by atoms with E-state index in [2.05, 4.69) is 10.6 Å². The lowest BCUT2D eigenvalue weighted by Gasteiger charge is -2.31. The van der Waals surface area contributed by atoms with Crippen molar-refractivity contribution >= 4 is 33.8 Å². The monoisotopic (exact) mass is 310 g/mol. The van der Waals surface area contributed by atoms with Gasteiger partial charge in [-0.15, -0.1) is 11.3 Å². The molecule has 0 aliphatic heterocycles. The molecular formula is C14H22N4O2S. The molecule has 0 bridgehead atoms. The van der Waals surface area contributed by atoms with Gasteiger partial charge in [-0.25, -0.2) is 0 Å². The zero-order valence-corrected chi connectivity index (χ0v) is 13.5. The van der Waals surface area contributed by atoms with Crippen molar-refractivity contribution in [1.29, 1.82) is 0 Å². The van der Waals surface area contributed by atoms with Crippen LogP contribution in [0.4, 0.5) is 10.7 Å². The van der Waals surface area contributed by atoms with Crippen molar-refractivity contribution in [2.24, 2.45) is 5.92 Å². The zero-order chi connectivity index (χ0) is 15.6. The molecule has 1 heterocycles. The zero-order valence-electron chi connectivity index (χ0n) is 12.7. The predicted octanol–water partition coefficient (Wildman–Crippen LogP) is 1.29. The molecule has 0 aromatic carbocycles. The maximum absolute atomic E-state index is 12.1. The number of hydrogen-bond acceptors (Lipinski definition) is 5. The third kappa shape index (κ3) is 2.97. The normalized spacial score (nSPS) is 14.4. The van der Waals surface area contributed by atoms with Crippen LogP contribution in [-0.4, -0.2) is 39.5 Å². The summed E-state index contributed by atoms with van der Waals surface area (Å²) in [5, 5.41) is 5.92. The number of rotatable bonds is 5. The second-order valence-corrected chi connectivity index (χ2v) is 6.36. The molecule has 2 amide bonds. The highest BCUT2D eigenvalue weighted by atomic mass is 32.1. The Morgan fingerprint density at radius 2 is 1.90 bits per heavy atom. The van der Waals surface area contributed by atoms with Gasteiger partial charge in [0.05, 0.1) is 11.3 Å². The van der Waals surface area contributed by atoms with E-state index in [4.69, 9.17) is 5.73 Å². The number of hydrogen-bond donors (Lipinski definition) is 3. The molecular weight excluding hydrogens is 288 g/mol. The van der Waals surface area contributed by atoms with Crippen LogP contribution in [0.3, 0.4) is 0 Å². The summed E-state index contributed by atoms with van der Waals surface area (Å²) in [6, 6.07) is 0. The minimum absolute atomic E-state index is 0.255. The molecule has 116 valence electrons. The van der Waals surface area contributed by atoms with E-state index in [0.717, 1.165) is 11.5 Å². The summed E-state index contributed by atoms with van der Waals surface area (Å²) in [4.78, 5) is 26.4. The van der Waals surface area contributed by atoms with Crippen molar-refractivity contribution in [3.05, 3.63) is 10.4 Å². The fourth-order valence-electron chi connectivity index (χ4n) is 2.47. The van der Waals surface area contributed by atoms with Crippen molar-refractivity contribution in [3.8, 4) is 0 Å². The standard InChI is InChI=1S/C14H22N4O2S/c1-16-12(19)9-10(15)11(13(20)17-2)21-14(9)18(3)7-8-5-4-6-8/h8H,4-7,15H2,1-3H3,(H,16,19)(H,17,20). The fourth-order valence-corrected chi connectivity index (χ4v) is 3.61. The first kappa shape index (κ1) is 15.6. The van der Waals surface area contributed by atoms with Gasteiger partial charge in [0, 0.05) is 27.7 Å². The Bertz CT molecular complexity index is 551. The van der Waals surface area contributed by atoms with Crippen LogP contribution in [0.25, 0.3) is 0 Å². The van der Waals surface area contributed by atoms with Crippen molar-refractivity contribution in [3.63, 3.8) is 0 Å². The highest BCUT2D eigenvalue weighted by molar-refractivity contribution is 7.19. The van der Waals surface area contributed by atoms with Gasteiger partial charge in [0.15, 0.2) is 0 Å². The Balaban J connectivity index is 2.36. The first-order valence-corrected chi connectivity index (χ1v) is 7.88. The first-order chi connectivity index (χ1) is 9.99. The highest BCUT2D eigenvalue weighted by Gasteiger charge is 2.28. The Morgan fingerprint density at radius 3 is 2.38 bits per heavy atom. The molecule has 0 saturated heterocycles. The van der Waals surface area contributed by atoms with Crippen molar-refractivity contribution < 1.29 is 9.59 Å². The third-order valence-corrected chi connectivity index (χ3v) is 5.24. The van der Waals surface area contributed by atoms with E-state index in [0.29, 0.717) is 16.4 Å². The van der Waals surface area contributed by atoms with Crippen LogP contribution in [0.1, 0.15) is 39.3 Å². The summed E-state index contributed by atoms with van der Waals surface area (Å²) in [6.45, 7) is 0.886. The van der Waals surface area contributed by atoms with Gasteiger partial charge < -0.3 is 21.3 Å². The summed E-state index contributed by atoms with van der Waals surface area (Å²) in [6.07, 6.45) is 3.72. The minimum atomic E-state index is -0.258. The molecule has 2 rings (SSSR count). The van der Waals surface area contributed by atoms with Gasteiger partial charge in [0.2, 0.25) is 0 Å². The lowest BCUT2D eigenvalue weighted by molar-refractivity contribution is 0.0963. The number of amides is 2. The molecule has 0 spiro atoms. The molecule has 4 N–H and O–H groups in total. The summed E-state index contributed by atoms with van der Waals surface area (Å²) in [5.41, 5.74) is 6.70. The van der Waals surface area contributed by atoms with Crippen LogP contribution in [-0.2, 0) is 0 Å². The van der Waals surface area contributed by atoms with E-state index in [1.807, 2.05) is 11.9 Å². The average Bonchev–Trinajstić information content (AvgIpc) is 2.78. The predicted molar refractivity (Wildman–Crippen MR) is 86.1 cm³/mol. The number of carbonyl (C=O) groups excluding carboxylic acids is 2. The smallest absolute Gasteiger partial charge is 0.263 e. The Morgan fingerprint density at radius 1 is 1.29 bits per heavy atom. The fraction of sp³-hybridized carbons (Fsp3) is 0.571. The van der Waals surface area contributed by atoms with E-state index in [9.17, 15) is 9.59 Å². The number of thiophene rings is 1. The summed E-state index contributed by atoms with van der Waals surface area (Å²) >= 11 is 1.28. The molecule has 1 saturated carbocycles. The molecule has 1 aromatic rings. The Hall–Kier alpha value is -1.76. The van der Waals surface area contributed by atoms with Crippen LogP contribution >= 0.6 is 11.3 Å². The second kappa shape index (κ2) is 6.34. The SMILES string of the molecule is CNC(=O)c1sc(N(C)CC2CCC2)c(C(=O)NC)c1N. The van der Waals surface area contributed by atoms with Crippen molar-refractivity contribution in [1.82, 2.24) is 10.6 Å². The minimum Gasteiger partial charge on any atom is -0.397 e. The summed E-state index contributed by atoms with van der Waals surface area (Å²) in [5.74, 6) is 0.152. The van der Waals surface area contributed by atoms with Gasteiger partial charge in [-0.1, -0.05) is 6.42 Å². The van der Waals surface area contributed by atoms with E-state index in [1.165, 1.54) is 30.6 Å². The van der Waals surface area contributed by atoms with Crippen LogP contribution in [0.15, 0.2) is 0 Å². The maximum Gasteiger partial charge on any atom is 0.263 e. The number of nitrogens with two attached hydrogens (primary N) is 1. The van der Waals surface area contributed by atoms with Gasteiger partial charge in [0.25, 0.3) is 11.8 Å². The molecule has 1 fully saturated rings. The average molecular weight is 310 g/mol. The van der Waals surface area contributed by atoms with Crippen molar-refractivity contribution in [2.45, 2.75) is 19.3 Å². The summed E-state index contributed by atoms with van der Waals surface area (Å²) in [7, 11) is 5.07. The van der Waals surface area contributed by atoms with Crippen molar-refractivity contribution in [2.75, 3.05) is 38.3 Å². The molecule has 1 aliphatic carbocycles. The Labute approximate surface area is 128 Å². The van der Waals surface area contributed by atoms with E-state index in [-0.39, 0.29) is 17.5 Å². The maximum atomic E-state index is 12.1. The molecule has 1 aromatic heterocycles. The number of nitrogen functional groups attached to an aromatic ring is 1. The quantitative estimate of drug-likeness (QED) is 0.764. The lowest BCUT2D eigenvalue weighted by atomic mass is 9.85. The third-order valence-electron chi connectivity index (χ3n) is 3.92. The van der Waals surface area contributed by atoms with Gasteiger partial charge in [-0.05, 0) is 18.8 Å². The molecule has 1 aliphatic rings. The summed E-state index contributed by atoms with van der Waals surface area (Å²) < 4.78 is 0. The number of nitrogens with one attached hydrogen (secondary N) is 2. The van der Waals surface area contributed by atoms with Gasteiger partial charge in [-0.3, -0.25) is 9.59 Å². The van der Waals surface area contributed by atoms with E-state index >= 15 is 0 Å². The molecule has 0 atom stereocenters. The topological polar surface area (TPSA) is 87.5 Å². The molecule has 21 heavy (non-hydrogen) atoms. The molecule has 0 unspecified atom stereocenters. The largest absolute Gasteiger partial charge is 0.397 e. The lowest BCUT2D eigenvalue weighted by Crippen LogP contribution is -2.30. The van der Waals surface area contributed by atoms with Gasteiger partial charge >= 0.3 is 0 Å². The molecule has 6 nitrogen and oxygen atoms in total. The van der Waals surface area contributed by atoms with E-state index in [1.54, 1.807) is 14.1 Å². The van der Waals surface area contributed by atoms with Gasteiger partial charge in [-0.2, -0.15) is 0 Å². The number of carbonyl (C=O) groups is 2. The molecule has 0 radical (unpaired) electrons. The number of nitrogens with zero attached hydrogens (tertiary/aromatic N) is 1.